The molecule has 1 unspecified atom stereocenters. The van der Waals surface area contributed by atoms with Crippen molar-refractivity contribution < 1.29 is 9.21 Å². The Morgan fingerprint density at radius 3 is 2.82 bits per heavy atom. The third-order valence-electron chi connectivity index (χ3n) is 3.73. The zero-order valence-corrected chi connectivity index (χ0v) is 13.2. The third kappa shape index (κ3) is 3.83. The smallest absolute Gasteiger partial charge is 0.246 e. The van der Waals surface area contributed by atoms with Gasteiger partial charge in [-0.3, -0.25) is 4.79 Å². The molecule has 1 saturated heterocycles. The van der Waals surface area contributed by atoms with Crippen molar-refractivity contribution in [2.24, 2.45) is 0 Å². The van der Waals surface area contributed by atoms with Crippen molar-refractivity contribution in [3.05, 3.63) is 66.1 Å². The highest BCUT2D eigenvalue weighted by Crippen LogP contribution is 2.34. The number of thioether (sulfide) groups is 1. The van der Waals surface area contributed by atoms with E-state index in [0.717, 1.165) is 36.6 Å². The Morgan fingerprint density at radius 1 is 1.18 bits per heavy atom. The lowest BCUT2D eigenvalue weighted by molar-refractivity contribution is -0.125. The van der Waals surface area contributed by atoms with Crippen LogP contribution < -0.4 is 0 Å². The minimum Gasteiger partial charge on any atom is -0.468 e. The molecule has 1 atom stereocenters. The second-order valence-electron chi connectivity index (χ2n) is 5.23. The number of hydrogen-bond donors (Lipinski definition) is 0. The van der Waals surface area contributed by atoms with Gasteiger partial charge in [0.1, 0.15) is 5.76 Å². The maximum atomic E-state index is 12.3. The molecule has 22 heavy (non-hydrogen) atoms. The van der Waals surface area contributed by atoms with Gasteiger partial charge in [0.25, 0.3) is 0 Å². The molecule has 0 bridgehead atoms. The first-order valence-corrected chi connectivity index (χ1v) is 8.55. The zero-order chi connectivity index (χ0) is 15.2. The number of nitrogens with zero attached hydrogens (tertiary/aromatic N) is 1. The van der Waals surface area contributed by atoms with Gasteiger partial charge in [-0.25, -0.2) is 0 Å². The lowest BCUT2D eigenvalue weighted by Crippen LogP contribution is -2.31. The van der Waals surface area contributed by atoms with Gasteiger partial charge in [0.05, 0.1) is 11.5 Å². The molecule has 2 aromatic rings. The molecule has 1 aromatic heterocycles. The summed E-state index contributed by atoms with van der Waals surface area (Å²) in [4.78, 5) is 14.2. The van der Waals surface area contributed by atoms with Crippen molar-refractivity contribution >= 4 is 23.7 Å². The molecular weight excluding hydrogens is 294 g/mol. The lowest BCUT2D eigenvalue weighted by Gasteiger charge is -2.18. The Hall–Kier alpha value is -1.94. The van der Waals surface area contributed by atoms with Crippen LogP contribution in [-0.4, -0.2) is 29.6 Å². The van der Waals surface area contributed by atoms with Gasteiger partial charge in [-0.2, -0.15) is 0 Å². The molecule has 1 aromatic carbocycles. The second-order valence-corrected chi connectivity index (χ2v) is 6.54. The normalized spacial score (nSPS) is 19.3. The zero-order valence-electron chi connectivity index (χ0n) is 12.4. The van der Waals surface area contributed by atoms with Crippen LogP contribution in [0.15, 0.2) is 59.2 Å². The Morgan fingerprint density at radius 2 is 2.05 bits per heavy atom. The molecule has 2 heterocycles. The minimum atomic E-state index is 0.0875. The SMILES string of the molecule is O=C(/C=C/c1ccccc1)N1CCSC(c2ccco2)CC1. The molecule has 0 spiro atoms. The maximum absolute atomic E-state index is 12.3. The second kappa shape index (κ2) is 7.36. The highest BCUT2D eigenvalue weighted by molar-refractivity contribution is 7.99. The van der Waals surface area contributed by atoms with Gasteiger partial charge in [0.2, 0.25) is 5.91 Å². The van der Waals surface area contributed by atoms with E-state index >= 15 is 0 Å². The molecule has 1 aliphatic heterocycles. The van der Waals surface area contributed by atoms with Crippen LogP contribution in [0.4, 0.5) is 0 Å². The van der Waals surface area contributed by atoms with Gasteiger partial charge in [-0.1, -0.05) is 30.3 Å². The van der Waals surface area contributed by atoms with Crippen molar-refractivity contribution in [1.82, 2.24) is 4.90 Å². The maximum Gasteiger partial charge on any atom is 0.246 e. The number of furan rings is 1. The summed E-state index contributed by atoms with van der Waals surface area (Å²) < 4.78 is 5.49. The Labute approximate surface area is 135 Å². The van der Waals surface area contributed by atoms with Gasteiger partial charge in [-0.05, 0) is 30.2 Å². The van der Waals surface area contributed by atoms with Gasteiger partial charge >= 0.3 is 0 Å². The molecule has 3 rings (SSSR count). The monoisotopic (exact) mass is 313 g/mol. The number of hydrogen-bond acceptors (Lipinski definition) is 3. The van der Waals surface area contributed by atoms with Crippen LogP contribution in [0.2, 0.25) is 0 Å². The fourth-order valence-corrected chi connectivity index (χ4v) is 3.71. The van der Waals surface area contributed by atoms with E-state index in [1.54, 1.807) is 12.3 Å². The molecule has 114 valence electrons. The van der Waals surface area contributed by atoms with Crippen LogP contribution in [0, 0.1) is 0 Å². The summed E-state index contributed by atoms with van der Waals surface area (Å²) in [6, 6.07) is 13.8. The number of carbonyl (C=O) groups is 1. The first-order valence-electron chi connectivity index (χ1n) is 7.50. The van der Waals surface area contributed by atoms with Gasteiger partial charge in [-0.15, -0.1) is 11.8 Å². The summed E-state index contributed by atoms with van der Waals surface area (Å²) in [5, 5.41) is 0.353. The molecule has 3 nitrogen and oxygen atoms in total. The Bertz CT molecular complexity index is 622. The molecule has 0 radical (unpaired) electrons. The fourth-order valence-electron chi connectivity index (χ4n) is 2.53. The van der Waals surface area contributed by atoms with E-state index in [9.17, 15) is 4.79 Å². The lowest BCUT2D eigenvalue weighted by atomic mass is 10.2. The molecule has 0 N–H and O–H groups in total. The van der Waals surface area contributed by atoms with E-state index in [-0.39, 0.29) is 5.91 Å². The van der Waals surface area contributed by atoms with E-state index in [1.807, 2.05) is 65.2 Å². The first-order chi connectivity index (χ1) is 10.8. The topological polar surface area (TPSA) is 33.5 Å². The van der Waals surface area contributed by atoms with Crippen LogP contribution in [0.1, 0.15) is 23.0 Å². The number of rotatable bonds is 3. The van der Waals surface area contributed by atoms with Crippen molar-refractivity contribution in [1.29, 1.82) is 0 Å². The highest BCUT2D eigenvalue weighted by atomic mass is 32.2. The van der Waals surface area contributed by atoms with Crippen LogP contribution in [-0.2, 0) is 4.79 Å². The molecule has 0 saturated carbocycles. The average molecular weight is 313 g/mol. The summed E-state index contributed by atoms with van der Waals surface area (Å²) in [5.41, 5.74) is 1.05. The van der Waals surface area contributed by atoms with E-state index < -0.39 is 0 Å². The van der Waals surface area contributed by atoms with Crippen LogP contribution in [0.5, 0.6) is 0 Å². The fraction of sp³-hybridized carbons (Fsp3) is 0.278. The summed E-state index contributed by atoms with van der Waals surface area (Å²) in [6.45, 7) is 1.57. The van der Waals surface area contributed by atoms with E-state index in [1.165, 1.54) is 0 Å². The predicted molar refractivity (Wildman–Crippen MR) is 90.6 cm³/mol. The minimum absolute atomic E-state index is 0.0875. The molecular formula is C18H19NO2S. The number of amides is 1. The summed E-state index contributed by atoms with van der Waals surface area (Å²) in [7, 11) is 0. The average Bonchev–Trinajstić information content (AvgIpc) is 2.98. The van der Waals surface area contributed by atoms with Crippen LogP contribution in [0.25, 0.3) is 6.08 Å². The molecule has 1 amide bonds. The van der Waals surface area contributed by atoms with Crippen molar-refractivity contribution in [3.8, 4) is 0 Å². The van der Waals surface area contributed by atoms with Gasteiger partial charge < -0.3 is 9.32 Å². The van der Waals surface area contributed by atoms with Gasteiger partial charge in [0.15, 0.2) is 0 Å². The van der Waals surface area contributed by atoms with Crippen molar-refractivity contribution in [2.45, 2.75) is 11.7 Å². The van der Waals surface area contributed by atoms with E-state index in [2.05, 4.69) is 0 Å². The van der Waals surface area contributed by atoms with Gasteiger partial charge in [0, 0.05) is 24.9 Å². The third-order valence-corrected chi connectivity index (χ3v) is 5.02. The summed E-state index contributed by atoms with van der Waals surface area (Å²) in [6.07, 6.45) is 6.20. The number of benzene rings is 1. The van der Waals surface area contributed by atoms with Crippen molar-refractivity contribution in [3.63, 3.8) is 0 Å². The number of carbonyl (C=O) groups excluding carboxylic acids is 1. The van der Waals surface area contributed by atoms with Crippen molar-refractivity contribution in [2.75, 3.05) is 18.8 Å². The standard InChI is InChI=1S/C18H19NO2S/c20-18(9-8-15-5-2-1-3-6-15)19-11-10-17(22-14-12-19)16-7-4-13-21-16/h1-9,13,17H,10-12,14H2/b9-8+. The quantitative estimate of drug-likeness (QED) is 0.803. The summed E-state index contributed by atoms with van der Waals surface area (Å²) >= 11 is 1.87. The predicted octanol–water partition coefficient (Wildman–Crippen LogP) is 4.00. The molecule has 1 aliphatic rings. The van der Waals surface area contributed by atoms with E-state index in [0.29, 0.717) is 5.25 Å². The molecule has 4 heteroatoms. The Balaban J connectivity index is 1.58. The summed E-state index contributed by atoms with van der Waals surface area (Å²) in [5.74, 6) is 2.04. The highest BCUT2D eigenvalue weighted by Gasteiger charge is 2.22. The van der Waals surface area contributed by atoms with Crippen LogP contribution in [0.3, 0.4) is 0 Å². The first kappa shape index (κ1) is 15.0. The van der Waals surface area contributed by atoms with Crippen LogP contribution >= 0.6 is 11.8 Å². The Kier molecular flexibility index (Phi) is 5.01. The largest absolute Gasteiger partial charge is 0.468 e. The molecule has 1 fully saturated rings. The van der Waals surface area contributed by atoms with E-state index in [4.69, 9.17) is 4.42 Å². The molecule has 0 aliphatic carbocycles.